The molecule has 0 saturated carbocycles. The summed E-state index contributed by atoms with van der Waals surface area (Å²) in [6, 6.07) is 8.17. The van der Waals surface area contributed by atoms with Gasteiger partial charge in [0.25, 0.3) is 0 Å². The van der Waals surface area contributed by atoms with Gasteiger partial charge in [0.15, 0.2) is 0 Å². The van der Waals surface area contributed by atoms with Crippen molar-refractivity contribution in [1.82, 2.24) is 5.32 Å². The molecule has 104 valence electrons. The minimum Gasteiger partial charge on any atom is -0.379 e. The second kappa shape index (κ2) is 5.72. The average Bonchev–Trinajstić information content (AvgIpc) is 2.75. The van der Waals surface area contributed by atoms with E-state index in [1.54, 1.807) is 0 Å². The highest BCUT2D eigenvalue weighted by Crippen LogP contribution is 2.24. The quantitative estimate of drug-likeness (QED) is 0.876. The fourth-order valence-electron chi connectivity index (χ4n) is 2.48. The van der Waals surface area contributed by atoms with Crippen LogP contribution in [0.25, 0.3) is 0 Å². The summed E-state index contributed by atoms with van der Waals surface area (Å²) in [6.07, 6.45) is 1.03. The van der Waals surface area contributed by atoms with Gasteiger partial charge < -0.3 is 15.4 Å². The van der Waals surface area contributed by atoms with Gasteiger partial charge in [-0.15, -0.1) is 0 Å². The maximum absolute atomic E-state index is 11.1. The van der Waals surface area contributed by atoms with Crippen molar-refractivity contribution in [2.45, 2.75) is 38.8 Å². The van der Waals surface area contributed by atoms with Gasteiger partial charge in [-0.25, -0.2) is 0 Å². The van der Waals surface area contributed by atoms with E-state index < -0.39 is 0 Å². The summed E-state index contributed by atoms with van der Waals surface area (Å²) in [5, 5.41) is 6.43. The molecule has 19 heavy (non-hydrogen) atoms. The number of hydrogen-bond donors (Lipinski definition) is 2. The topological polar surface area (TPSA) is 50.4 Å². The van der Waals surface area contributed by atoms with Crippen molar-refractivity contribution in [1.29, 1.82) is 0 Å². The van der Waals surface area contributed by atoms with E-state index in [9.17, 15) is 4.79 Å². The molecule has 2 atom stereocenters. The molecule has 1 aromatic carbocycles. The van der Waals surface area contributed by atoms with Gasteiger partial charge in [-0.1, -0.05) is 12.1 Å². The number of carbonyl (C=O) groups is 1. The lowest BCUT2D eigenvalue weighted by atomic mass is 9.98. The molecule has 1 fully saturated rings. The Kier molecular flexibility index (Phi) is 4.22. The van der Waals surface area contributed by atoms with Crippen LogP contribution in [0.2, 0.25) is 0 Å². The van der Waals surface area contributed by atoms with Crippen LogP contribution >= 0.6 is 0 Å². The number of carbonyl (C=O) groups excluding carboxylic acids is 1. The molecular formula is C15H22N2O2. The van der Waals surface area contributed by atoms with Gasteiger partial charge in [-0.2, -0.15) is 0 Å². The molecular weight excluding hydrogens is 240 g/mol. The van der Waals surface area contributed by atoms with E-state index in [1.165, 1.54) is 12.5 Å². The second-order valence-electron chi connectivity index (χ2n) is 5.54. The number of anilines is 1. The number of nitrogens with one attached hydrogen (secondary N) is 2. The molecule has 2 rings (SSSR count). The van der Waals surface area contributed by atoms with Gasteiger partial charge in [-0.05, 0) is 38.0 Å². The zero-order chi connectivity index (χ0) is 13.9. The van der Waals surface area contributed by atoms with E-state index >= 15 is 0 Å². The number of benzene rings is 1. The normalized spacial score (nSPS) is 24.2. The van der Waals surface area contributed by atoms with E-state index in [4.69, 9.17) is 4.74 Å². The first-order chi connectivity index (χ1) is 8.98. The highest BCUT2D eigenvalue weighted by Gasteiger charge is 2.30. The Balaban J connectivity index is 2.06. The maximum Gasteiger partial charge on any atom is 0.221 e. The third kappa shape index (κ3) is 3.78. The van der Waals surface area contributed by atoms with Crippen LogP contribution in [0.5, 0.6) is 0 Å². The predicted molar refractivity (Wildman–Crippen MR) is 76.1 cm³/mol. The number of rotatable bonds is 4. The van der Waals surface area contributed by atoms with Crippen molar-refractivity contribution in [3.05, 3.63) is 29.8 Å². The van der Waals surface area contributed by atoms with Crippen molar-refractivity contribution in [3.63, 3.8) is 0 Å². The summed E-state index contributed by atoms with van der Waals surface area (Å²) < 4.78 is 5.45. The summed E-state index contributed by atoms with van der Waals surface area (Å²) in [4.78, 5) is 11.1. The third-order valence-electron chi connectivity index (χ3n) is 3.49. The lowest BCUT2D eigenvalue weighted by Crippen LogP contribution is -2.44. The standard InChI is InChI=1S/C15H22N2O2/c1-11(17-15(3)7-8-19-10-15)13-5-4-6-14(9-13)16-12(2)18/h4-6,9,11,17H,7-8,10H2,1-3H3,(H,16,18)/t11-,15+/m1/s1. The molecule has 0 aliphatic carbocycles. The first-order valence-electron chi connectivity index (χ1n) is 6.71. The molecule has 0 aromatic heterocycles. The minimum atomic E-state index is -0.0473. The van der Waals surface area contributed by atoms with Gasteiger partial charge in [0.1, 0.15) is 0 Å². The van der Waals surface area contributed by atoms with Crippen LogP contribution in [0.1, 0.15) is 38.8 Å². The zero-order valence-electron chi connectivity index (χ0n) is 11.8. The lowest BCUT2D eigenvalue weighted by molar-refractivity contribution is -0.114. The van der Waals surface area contributed by atoms with E-state index in [0.717, 1.165) is 25.3 Å². The summed E-state index contributed by atoms with van der Waals surface area (Å²) in [6.45, 7) is 7.42. The molecule has 1 aliphatic rings. The molecule has 0 radical (unpaired) electrons. The fraction of sp³-hybridized carbons (Fsp3) is 0.533. The highest BCUT2D eigenvalue weighted by molar-refractivity contribution is 5.88. The van der Waals surface area contributed by atoms with E-state index in [2.05, 4.69) is 30.5 Å². The van der Waals surface area contributed by atoms with Crippen molar-refractivity contribution in [3.8, 4) is 0 Å². The van der Waals surface area contributed by atoms with Crippen LogP contribution in [-0.4, -0.2) is 24.7 Å². The second-order valence-corrected chi connectivity index (χ2v) is 5.54. The van der Waals surface area contributed by atoms with Crippen LogP contribution in [0.15, 0.2) is 24.3 Å². The van der Waals surface area contributed by atoms with Crippen molar-refractivity contribution < 1.29 is 9.53 Å². The van der Waals surface area contributed by atoms with Crippen LogP contribution < -0.4 is 10.6 Å². The molecule has 1 aromatic rings. The van der Waals surface area contributed by atoms with Crippen LogP contribution in [0.4, 0.5) is 5.69 Å². The van der Waals surface area contributed by atoms with Crippen molar-refractivity contribution in [2.75, 3.05) is 18.5 Å². The number of hydrogen-bond acceptors (Lipinski definition) is 3. The Bertz CT molecular complexity index is 453. The monoisotopic (exact) mass is 262 g/mol. The fourth-order valence-corrected chi connectivity index (χ4v) is 2.48. The molecule has 0 bridgehead atoms. The minimum absolute atomic E-state index is 0.0451. The molecule has 4 heteroatoms. The summed E-state index contributed by atoms with van der Waals surface area (Å²) in [5.41, 5.74) is 2.05. The summed E-state index contributed by atoms with van der Waals surface area (Å²) >= 11 is 0. The van der Waals surface area contributed by atoms with Crippen LogP contribution in [-0.2, 0) is 9.53 Å². The molecule has 0 spiro atoms. The SMILES string of the molecule is CC(=O)Nc1cccc([C@@H](C)N[C@@]2(C)CCOC2)c1. The summed E-state index contributed by atoms with van der Waals surface area (Å²) in [7, 11) is 0. The maximum atomic E-state index is 11.1. The summed E-state index contributed by atoms with van der Waals surface area (Å²) in [5.74, 6) is -0.0473. The van der Waals surface area contributed by atoms with Gasteiger partial charge in [0.05, 0.1) is 6.61 Å². The zero-order valence-corrected chi connectivity index (χ0v) is 11.8. The molecule has 1 amide bonds. The smallest absolute Gasteiger partial charge is 0.221 e. The van der Waals surface area contributed by atoms with E-state index in [0.29, 0.717) is 0 Å². The van der Waals surface area contributed by atoms with E-state index in [1.807, 2.05) is 18.2 Å². The van der Waals surface area contributed by atoms with Crippen LogP contribution in [0.3, 0.4) is 0 Å². The first kappa shape index (κ1) is 14.0. The van der Waals surface area contributed by atoms with Crippen molar-refractivity contribution >= 4 is 11.6 Å². The van der Waals surface area contributed by atoms with Gasteiger partial charge >= 0.3 is 0 Å². The molecule has 4 nitrogen and oxygen atoms in total. The molecule has 1 heterocycles. The Morgan fingerprint density at radius 1 is 1.47 bits per heavy atom. The van der Waals surface area contributed by atoms with Crippen molar-refractivity contribution in [2.24, 2.45) is 0 Å². The lowest BCUT2D eigenvalue weighted by Gasteiger charge is -2.28. The Labute approximate surface area is 114 Å². The third-order valence-corrected chi connectivity index (χ3v) is 3.49. The number of ether oxygens (including phenoxy) is 1. The predicted octanol–water partition coefficient (Wildman–Crippen LogP) is 2.47. The van der Waals surface area contributed by atoms with Gasteiger partial charge in [0.2, 0.25) is 5.91 Å². The van der Waals surface area contributed by atoms with Gasteiger partial charge in [-0.3, -0.25) is 4.79 Å². The molecule has 0 unspecified atom stereocenters. The highest BCUT2D eigenvalue weighted by atomic mass is 16.5. The Morgan fingerprint density at radius 2 is 2.26 bits per heavy atom. The average molecular weight is 262 g/mol. The first-order valence-corrected chi connectivity index (χ1v) is 6.71. The molecule has 1 aliphatic heterocycles. The number of amides is 1. The molecule has 1 saturated heterocycles. The largest absolute Gasteiger partial charge is 0.379 e. The van der Waals surface area contributed by atoms with E-state index in [-0.39, 0.29) is 17.5 Å². The van der Waals surface area contributed by atoms with Crippen LogP contribution in [0, 0.1) is 0 Å². The Morgan fingerprint density at radius 3 is 2.89 bits per heavy atom. The van der Waals surface area contributed by atoms with Gasteiger partial charge in [0, 0.05) is 30.8 Å². The Hall–Kier alpha value is -1.39. The molecule has 2 N–H and O–H groups in total.